The third-order valence-corrected chi connectivity index (χ3v) is 4.06. The van der Waals surface area contributed by atoms with Gasteiger partial charge >= 0.3 is 0 Å². The predicted molar refractivity (Wildman–Crippen MR) is 92.3 cm³/mol. The molecule has 1 unspecified atom stereocenters. The van der Waals surface area contributed by atoms with Crippen molar-refractivity contribution in [2.45, 2.75) is 12.6 Å². The number of anilines is 1. The number of nitrogens with two attached hydrogens (primary N) is 1. The second kappa shape index (κ2) is 8.00. The van der Waals surface area contributed by atoms with Crippen LogP contribution in [0.4, 0.5) is 5.82 Å². The Hall–Kier alpha value is -2.58. The average Bonchev–Trinajstić information content (AvgIpc) is 2.63. The van der Waals surface area contributed by atoms with Crippen LogP contribution >= 0.6 is 0 Å². The molecule has 0 saturated carbocycles. The van der Waals surface area contributed by atoms with Gasteiger partial charge in [-0.25, -0.2) is 4.98 Å². The van der Waals surface area contributed by atoms with Gasteiger partial charge in [-0.05, 0) is 18.7 Å². The van der Waals surface area contributed by atoms with E-state index in [1.807, 2.05) is 30.3 Å². The Morgan fingerprint density at radius 1 is 1.40 bits per heavy atom. The van der Waals surface area contributed by atoms with Crippen molar-refractivity contribution < 1.29 is 9.53 Å². The number of pyridine rings is 1. The van der Waals surface area contributed by atoms with Crippen LogP contribution in [0.1, 0.15) is 17.4 Å². The normalized spacial score (nSPS) is 17.7. The standard InChI is InChI=1S/C17H22N6O2/c1-22(10-13-3-2-4-19-9-13)12-15(24)23-7-8-25-14(11-23)16-17(18)21-6-5-20-16/h2-6,9,14H,7-8,10-12H2,1H3,(H2,18,21). The largest absolute Gasteiger partial charge is 0.382 e. The highest BCUT2D eigenvalue weighted by Crippen LogP contribution is 2.23. The van der Waals surface area contributed by atoms with E-state index in [9.17, 15) is 4.79 Å². The van der Waals surface area contributed by atoms with E-state index in [4.69, 9.17) is 10.5 Å². The molecule has 1 aliphatic rings. The van der Waals surface area contributed by atoms with Crippen molar-refractivity contribution in [3.8, 4) is 0 Å². The SMILES string of the molecule is CN(CC(=O)N1CCOC(c2nccnc2N)C1)Cc1cccnc1. The molecule has 1 fully saturated rings. The van der Waals surface area contributed by atoms with Crippen LogP contribution in [0.25, 0.3) is 0 Å². The number of ether oxygens (including phenoxy) is 1. The maximum absolute atomic E-state index is 12.6. The summed E-state index contributed by atoms with van der Waals surface area (Å²) < 4.78 is 5.73. The van der Waals surface area contributed by atoms with Crippen molar-refractivity contribution in [2.75, 3.05) is 39.0 Å². The van der Waals surface area contributed by atoms with Gasteiger partial charge in [0.1, 0.15) is 17.6 Å². The highest BCUT2D eigenvalue weighted by molar-refractivity contribution is 5.78. The van der Waals surface area contributed by atoms with E-state index < -0.39 is 0 Å². The molecule has 8 nitrogen and oxygen atoms in total. The third kappa shape index (κ3) is 4.49. The van der Waals surface area contributed by atoms with Crippen LogP contribution in [0.15, 0.2) is 36.9 Å². The van der Waals surface area contributed by atoms with Crippen LogP contribution in [-0.2, 0) is 16.1 Å². The number of carbonyl (C=O) groups is 1. The van der Waals surface area contributed by atoms with Crippen LogP contribution in [0, 0.1) is 0 Å². The molecule has 1 amide bonds. The number of nitrogens with zero attached hydrogens (tertiary/aromatic N) is 5. The van der Waals surface area contributed by atoms with E-state index in [0.717, 1.165) is 5.56 Å². The molecule has 1 aliphatic heterocycles. The Morgan fingerprint density at radius 3 is 3.00 bits per heavy atom. The van der Waals surface area contributed by atoms with Crippen molar-refractivity contribution in [3.63, 3.8) is 0 Å². The van der Waals surface area contributed by atoms with Crippen LogP contribution in [0.5, 0.6) is 0 Å². The molecule has 8 heteroatoms. The fourth-order valence-corrected chi connectivity index (χ4v) is 2.84. The number of likely N-dealkylation sites (N-methyl/N-ethyl adjacent to an activating group) is 1. The smallest absolute Gasteiger partial charge is 0.236 e. The number of hydrogen-bond acceptors (Lipinski definition) is 7. The van der Waals surface area contributed by atoms with E-state index >= 15 is 0 Å². The molecular formula is C17H22N6O2. The molecule has 1 atom stereocenters. The lowest BCUT2D eigenvalue weighted by Gasteiger charge is -2.33. The number of hydrogen-bond donors (Lipinski definition) is 1. The summed E-state index contributed by atoms with van der Waals surface area (Å²) in [5.41, 5.74) is 7.53. The van der Waals surface area contributed by atoms with Gasteiger partial charge in [-0.1, -0.05) is 6.07 Å². The lowest BCUT2D eigenvalue weighted by molar-refractivity contribution is -0.140. The maximum atomic E-state index is 12.6. The Bertz CT molecular complexity index is 711. The fraction of sp³-hybridized carbons (Fsp3) is 0.412. The van der Waals surface area contributed by atoms with Crippen LogP contribution in [-0.4, -0.2) is 63.9 Å². The summed E-state index contributed by atoms with van der Waals surface area (Å²) in [6.07, 6.45) is 6.33. The van der Waals surface area contributed by atoms with Gasteiger partial charge in [-0.15, -0.1) is 0 Å². The van der Waals surface area contributed by atoms with Gasteiger partial charge in [-0.2, -0.15) is 0 Å². The summed E-state index contributed by atoms with van der Waals surface area (Å²) in [7, 11) is 1.92. The number of carbonyl (C=O) groups excluding carboxylic acids is 1. The van der Waals surface area contributed by atoms with Gasteiger partial charge in [-0.3, -0.25) is 19.7 Å². The van der Waals surface area contributed by atoms with E-state index in [0.29, 0.717) is 44.3 Å². The first kappa shape index (κ1) is 17.2. The highest BCUT2D eigenvalue weighted by Gasteiger charge is 2.28. The summed E-state index contributed by atoms with van der Waals surface area (Å²) in [6.45, 7) is 2.46. The van der Waals surface area contributed by atoms with E-state index in [1.54, 1.807) is 17.3 Å². The zero-order valence-corrected chi connectivity index (χ0v) is 14.2. The molecule has 132 valence electrons. The lowest BCUT2D eigenvalue weighted by Crippen LogP contribution is -2.46. The number of morpholine rings is 1. The highest BCUT2D eigenvalue weighted by atomic mass is 16.5. The first-order chi connectivity index (χ1) is 12.1. The molecule has 0 bridgehead atoms. The monoisotopic (exact) mass is 342 g/mol. The zero-order chi connectivity index (χ0) is 17.6. The van der Waals surface area contributed by atoms with Crippen molar-refractivity contribution in [1.29, 1.82) is 0 Å². The number of rotatable bonds is 5. The Balaban J connectivity index is 1.57. The lowest BCUT2D eigenvalue weighted by atomic mass is 10.2. The van der Waals surface area contributed by atoms with Gasteiger partial charge in [0.2, 0.25) is 5.91 Å². The summed E-state index contributed by atoms with van der Waals surface area (Å²) in [6, 6.07) is 3.89. The predicted octanol–water partition coefficient (Wildman–Crippen LogP) is 0.486. The summed E-state index contributed by atoms with van der Waals surface area (Å²) in [5.74, 6) is 0.401. The molecule has 25 heavy (non-hydrogen) atoms. The first-order valence-electron chi connectivity index (χ1n) is 8.16. The second-order valence-electron chi connectivity index (χ2n) is 6.06. The van der Waals surface area contributed by atoms with Crippen molar-refractivity contribution in [1.82, 2.24) is 24.8 Å². The van der Waals surface area contributed by atoms with Crippen molar-refractivity contribution in [2.24, 2.45) is 0 Å². The minimum absolute atomic E-state index is 0.0575. The molecule has 0 radical (unpaired) electrons. The Kier molecular flexibility index (Phi) is 5.52. The van der Waals surface area contributed by atoms with Gasteiger partial charge in [0.15, 0.2) is 0 Å². The molecule has 2 N–H and O–H groups in total. The number of nitrogen functional groups attached to an aromatic ring is 1. The minimum atomic E-state index is -0.338. The van der Waals surface area contributed by atoms with Crippen molar-refractivity contribution >= 4 is 11.7 Å². The summed E-state index contributed by atoms with van der Waals surface area (Å²) in [4.78, 5) is 28.7. The van der Waals surface area contributed by atoms with Gasteiger partial charge in [0.05, 0.1) is 19.7 Å². The molecular weight excluding hydrogens is 320 g/mol. The summed E-state index contributed by atoms with van der Waals surface area (Å²) in [5, 5.41) is 0. The van der Waals surface area contributed by atoms with Crippen LogP contribution in [0.2, 0.25) is 0 Å². The van der Waals surface area contributed by atoms with Gasteiger partial charge in [0.25, 0.3) is 0 Å². The topological polar surface area (TPSA) is 97.5 Å². The Morgan fingerprint density at radius 2 is 2.24 bits per heavy atom. The second-order valence-corrected chi connectivity index (χ2v) is 6.06. The molecule has 1 saturated heterocycles. The molecule has 0 aliphatic carbocycles. The number of aromatic nitrogens is 3. The van der Waals surface area contributed by atoms with E-state index in [1.165, 1.54) is 6.20 Å². The minimum Gasteiger partial charge on any atom is -0.382 e. The quantitative estimate of drug-likeness (QED) is 0.844. The molecule has 3 rings (SSSR count). The molecule has 2 aromatic heterocycles. The molecule has 0 aromatic carbocycles. The zero-order valence-electron chi connectivity index (χ0n) is 14.2. The number of amides is 1. The van der Waals surface area contributed by atoms with E-state index in [-0.39, 0.29) is 12.0 Å². The van der Waals surface area contributed by atoms with Gasteiger partial charge in [0, 0.05) is 37.9 Å². The van der Waals surface area contributed by atoms with Gasteiger partial charge < -0.3 is 15.4 Å². The molecule has 0 spiro atoms. The van der Waals surface area contributed by atoms with E-state index in [2.05, 4.69) is 15.0 Å². The Labute approximate surface area is 146 Å². The van der Waals surface area contributed by atoms with Crippen LogP contribution < -0.4 is 5.73 Å². The maximum Gasteiger partial charge on any atom is 0.236 e. The van der Waals surface area contributed by atoms with Crippen molar-refractivity contribution in [3.05, 3.63) is 48.2 Å². The van der Waals surface area contributed by atoms with Crippen LogP contribution in [0.3, 0.4) is 0 Å². The average molecular weight is 342 g/mol. The fourth-order valence-electron chi connectivity index (χ4n) is 2.84. The first-order valence-corrected chi connectivity index (χ1v) is 8.16. The third-order valence-electron chi connectivity index (χ3n) is 4.06. The molecule has 3 heterocycles. The molecule has 2 aromatic rings. The summed E-state index contributed by atoms with van der Waals surface area (Å²) >= 11 is 0.